The molecule has 0 aromatic carbocycles. The van der Waals surface area contributed by atoms with Gasteiger partial charge in [0, 0.05) is 6.92 Å². The normalized spacial score (nSPS) is 12.6. The summed E-state index contributed by atoms with van der Waals surface area (Å²) in [6, 6.07) is 0. The molecule has 0 aliphatic rings. The summed E-state index contributed by atoms with van der Waals surface area (Å²) in [5.41, 5.74) is 0. The maximum absolute atomic E-state index is 11.2. The van der Waals surface area contributed by atoms with Crippen molar-refractivity contribution < 1.29 is 9.53 Å². The van der Waals surface area contributed by atoms with E-state index >= 15 is 0 Å². The number of hydrogen-bond donors (Lipinski definition) is 0. The molecule has 0 saturated carbocycles. The van der Waals surface area contributed by atoms with Crippen LogP contribution in [0.5, 0.6) is 0 Å². The Labute approximate surface area is 133 Å². The van der Waals surface area contributed by atoms with Gasteiger partial charge in [0.05, 0.1) is 0 Å². The van der Waals surface area contributed by atoms with Crippen LogP contribution < -0.4 is 0 Å². The lowest BCUT2D eigenvalue weighted by Gasteiger charge is -2.17. The van der Waals surface area contributed by atoms with Gasteiger partial charge in [-0.25, -0.2) is 0 Å². The summed E-state index contributed by atoms with van der Waals surface area (Å²) in [4.78, 5) is 11.2. The van der Waals surface area contributed by atoms with Crippen LogP contribution >= 0.6 is 0 Å². The van der Waals surface area contributed by atoms with Gasteiger partial charge in [-0.2, -0.15) is 0 Å². The SMILES string of the molecule is CCCCCCCCC(CCCCCC(C)C)OC(C)=O. The minimum Gasteiger partial charge on any atom is -0.463 e. The van der Waals surface area contributed by atoms with Gasteiger partial charge in [0.2, 0.25) is 0 Å². The molecule has 1 atom stereocenters. The number of unbranched alkanes of at least 4 members (excludes halogenated alkanes) is 7. The highest BCUT2D eigenvalue weighted by molar-refractivity contribution is 5.66. The van der Waals surface area contributed by atoms with Crippen LogP contribution in [0.1, 0.15) is 105 Å². The molecule has 0 rings (SSSR count). The molecular weight excluding hydrogens is 260 g/mol. The molecular formula is C19H38O2. The highest BCUT2D eigenvalue weighted by Crippen LogP contribution is 2.17. The van der Waals surface area contributed by atoms with Crippen LogP contribution in [0.4, 0.5) is 0 Å². The molecule has 0 aliphatic heterocycles. The van der Waals surface area contributed by atoms with Crippen molar-refractivity contribution in [2.45, 2.75) is 111 Å². The highest BCUT2D eigenvalue weighted by Gasteiger charge is 2.11. The van der Waals surface area contributed by atoms with Gasteiger partial charge in [0.15, 0.2) is 0 Å². The molecule has 0 radical (unpaired) electrons. The van der Waals surface area contributed by atoms with Gasteiger partial charge in [-0.05, 0) is 31.6 Å². The zero-order valence-corrected chi connectivity index (χ0v) is 15.0. The summed E-state index contributed by atoms with van der Waals surface area (Å²) in [5.74, 6) is 0.686. The van der Waals surface area contributed by atoms with E-state index in [4.69, 9.17) is 4.74 Å². The maximum atomic E-state index is 11.2. The van der Waals surface area contributed by atoms with Crippen LogP contribution in [0, 0.1) is 5.92 Å². The number of ether oxygens (including phenoxy) is 1. The van der Waals surface area contributed by atoms with Crippen LogP contribution in [0.2, 0.25) is 0 Å². The van der Waals surface area contributed by atoms with E-state index in [0.29, 0.717) is 0 Å². The Kier molecular flexibility index (Phi) is 14.0. The van der Waals surface area contributed by atoms with Crippen LogP contribution in [0.25, 0.3) is 0 Å². The average Bonchev–Trinajstić information content (AvgIpc) is 2.41. The van der Waals surface area contributed by atoms with Crippen molar-refractivity contribution in [3.05, 3.63) is 0 Å². The topological polar surface area (TPSA) is 26.3 Å². The first-order valence-corrected chi connectivity index (χ1v) is 9.23. The minimum atomic E-state index is -0.117. The number of rotatable bonds is 14. The Bertz CT molecular complexity index is 236. The van der Waals surface area contributed by atoms with E-state index in [0.717, 1.165) is 18.8 Å². The Balaban J connectivity index is 3.69. The molecule has 2 heteroatoms. The quantitative estimate of drug-likeness (QED) is 0.279. The number of esters is 1. The molecule has 0 bridgehead atoms. The molecule has 0 fully saturated rings. The van der Waals surface area contributed by atoms with Crippen molar-refractivity contribution in [3.8, 4) is 0 Å². The second-order valence-electron chi connectivity index (χ2n) is 6.82. The lowest BCUT2D eigenvalue weighted by atomic mass is 10.0. The second kappa shape index (κ2) is 14.4. The maximum Gasteiger partial charge on any atom is 0.302 e. The van der Waals surface area contributed by atoms with Crippen molar-refractivity contribution in [3.63, 3.8) is 0 Å². The van der Waals surface area contributed by atoms with E-state index in [2.05, 4.69) is 20.8 Å². The van der Waals surface area contributed by atoms with Gasteiger partial charge in [0.1, 0.15) is 6.10 Å². The fourth-order valence-corrected chi connectivity index (χ4v) is 2.75. The summed E-state index contributed by atoms with van der Waals surface area (Å²) in [6.45, 7) is 8.34. The molecule has 1 unspecified atom stereocenters. The van der Waals surface area contributed by atoms with Crippen molar-refractivity contribution in [2.75, 3.05) is 0 Å². The first kappa shape index (κ1) is 20.5. The first-order valence-electron chi connectivity index (χ1n) is 9.23. The van der Waals surface area contributed by atoms with Gasteiger partial charge in [0.25, 0.3) is 0 Å². The van der Waals surface area contributed by atoms with E-state index in [1.807, 2.05) is 0 Å². The van der Waals surface area contributed by atoms with Crippen LogP contribution in [-0.4, -0.2) is 12.1 Å². The number of carbonyl (C=O) groups excluding carboxylic acids is 1. The standard InChI is InChI=1S/C19H38O2/c1-5-6-7-8-9-12-15-19(21-18(4)20)16-13-10-11-14-17(2)3/h17,19H,5-16H2,1-4H3. The first-order chi connectivity index (χ1) is 10.1. The predicted molar refractivity (Wildman–Crippen MR) is 91.5 cm³/mol. The Morgan fingerprint density at radius 3 is 1.81 bits per heavy atom. The molecule has 0 heterocycles. The van der Waals surface area contributed by atoms with Gasteiger partial charge < -0.3 is 4.74 Å². The van der Waals surface area contributed by atoms with E-state index in [-0.39, 0.29) is 12.1 Å². The van der Waals surface area contributed by atoms with E-state index in [9.17, 15) is 4.79 Å². The Hall–Kier alpha value is -0.530. The molecule has 0 aliphatic carbocycles. The van der Waals surface area contributed by atoms with E-state index < -0.39 is 0 Å². The molecule has 0 spiro atoms. The lowest BCUT2D eigenvalue weighted by molar-refractivity contribution is -0.147. The average molecular weight is 299 g/mol. The van der Waals surface area contributed by atoms with Crippen molar-refractivity contribution in [1.82, 2.24) is 0 Å². The Morgan fingerprint density at radius 1 is 0.810 bits per heavy atom. The summed E-state index contributed by atoms with van der Waals surface area (Å²) in [7, 11) is 0. The molecule has 21 heavy (non-hydrogen) atoms. The second-order valence-corrected chi connectivity index (χ2v) is 6.82. The zero-order chi connectivity index (χ0) is 15.9. The molecule has 0 amide bonds. The van der Waals surface area contributed by atoms with Crippen LogP contribution in [0.3, 0.4) is 0 Å². The fraction of sp³-hybridized carbons (Fsp3) is 0.947. The molecule has 0 saturated heterocycles. The van der Waals surface area contributed by atoms with Crippen molar-refractivity contribution in [2.24, 2.45) is 5.92 Å². The van der Waals surface area contributed by atoms with Gasteiger partial charge in [-0.1, -0.05) is 72.1 Å². The largest absolute Gasteiger partial charge is 0.463 e. The number of carbonyl (C=O) groups is 1. The monoisotopic (exact) mass is 298 g/mol. The molecule has 0 aromatic heterocycles. The summed E-state index contributed by atoms with van der Waals surface area (Å²) in [6.07, 6.45) is 15.2. The molecule has 0 N–H and O–H groups in total. The smallest absolute Gasteiger partial charge is 0.302 e. The third kappa shape index (κ3) is 15.7. The highest BCUT2D eigenvalue weighted by atomic mass is 16.5. The van der Waals surface area contributed by atoms with E-state index in [1.165, 1.54) is 71.1 Å². The zero-order valence-electron chi connectivity index (χ0n) is 15.0. The van der Waals surface area contributed by atoms with Crippen LogP contribution in [-0.2, 0) is 9.53 Å². The fourth-order valence-electron chi connectivity index (χ4n) is 2.75. The summed E-state index contributed by atoms with van der Waals surface area (Å²) < 4.78 is 5.47. The predicted octanol–water partition coefficient (Wildman–Crippen LogP) is 6.28. The summed E-state index contributed by atoms with van der Waals surface area (Å²) >= 11 is 0. The van der Waals surface area contributed by atoms with Gasteiger partial charge >= 0.3 is 5.97 Å². The minimum absolute atomic E-state index is 0.117. The van der Waals surface area contributed by atoms with Gasteiger partial charge in [-0.15, -0.1) is 0 Å². The third-order valence-electron chi connectivity index (χ3n) is 4.02. The lowest BCUT2D eigenvalue weighted by Crippen LogP contribution is -2.16. The van der Waals surface area contributed by atoms with Crippen molar-refractivity contribution in [1.29, 1.82) is 0 Å². The number of hydrogen-bond acceptors (Lipinski definition) is 2. The third-order valence-corrected chi connectivity index (χ3v) is 4.02. The van der Waals surface area contributed by atoms with Crippen LogP contribution in [0.15, 0.2) is 0 Å². The molecule has 2 nitrogen and oxygen atoms in total. The van der Waals surface area contributed by atoms with Gasteiger partial charge in [-0.3, -0.25) is 4.79 Å². The van der Waals surface area contributed by atoms with E-state index in [1.54, 1.807) is 0 Å². The summed E-state index contributed by atoms with van der Waals surface area (Å²) in [5, 5.41) is 0. The van der Waals surface area contributed by atoms with Crippen molar-refractivity contribution >= 4 is 5.97 Å². The molecule has 0 aromatic rings. The molecule has 126 valence electrons. The Morgan fingerprint density at radius 2 is 1.29 bits per heavy atom.